The number of nitrogens with zero attached hydrogens (tertiary/aromatic N) is 1. The summed E-state index contributed by atoms with van der Waals surface area (Å²) >= 11 is 0. The summed E-state index contributed by atoms with van der Waals surface area (Å²) in [7, 11) is -3.74. The fraction of sp³-hybridized carbons (Fsp3) is 0.778. The van der Waals surface area contributed by atoms with Crippen molar-refractivity contribution in [3.05, 3.63) is 0 Å². The van der Waals surface area contributed by atoms with Gasteiger partial charge >= 0.3 is 5.97 Å². The number of nitriles is 1. The number of hydrogen-bond donors (Lipinski definition) is 2. The molecule has 0 aliphatic heterocycles. The van der Waals surface area contributed by atoms with Gasteiger partial charge in [-0.1, -0.05) is 13.8 Å². The van der Waals surface area contributed by atoms with Crippen LogP contribution in [0.2, 0.25) is 0 Å². The monoisotopic (exact) mass is 248 g/mol. The Kier molecular flexibility index (Phi) is 6.00. The molecule has 6 nitrogen and oxygen atoms in total. The molecule has 0 heterocycles. The minimum Gasteiger partial charge on any atom is -0.481 e. The van der Waals surface area contributed by atoms with Gasteiger partial charge in [0.1, 0.15) is 0 Å². The third kappa shape index (κ3) is 4.16. The van der Waals surface area contributed by atoms with Crippen molar-refractivity contribution in [1.82, 2.24) is 4.72 Å². The number of rotatable bonds is 7. The lowest BCUT2D eigenvalue weighted by Gasteiger charge is -2.13. The van der Waals surface area contributed by atoms with Crippen molar-refractivity contribution < 1.29 is 18.3 Å². The van der Waals surface area contributed by atoms with E-state index in [0.717, 1.165) is 0 Å². The van der Waals surface area contributed by atoms with E-state index in [-0.39, 0.29) is 13.0 Å². The Balaban J connectivity index is 4.51. The van der Waals surface area contributed by atoms with E-state index >= 15 is 0 Å². The van der Waals surface area contributed by atoms with Crippen molar-refractivity contribution >= 4 is 16.0 Å². The van der Waals surface area contributed by atoms with E-state index in [1.165, 1.54) is 0 Å². The highest BCUT2D eigenvalue weighted by atomic mass is 32.2. The number of carbonyl (C=O) groups is 1. The number of sulfonamides is 1. The molecule has 0 bridgehead atoms. The summed E-state index contributed by atoms with van der Waals surface area (Å²) in [6.07, 6.45) is 0.511. The summed E-state index contributed by atoms with van der Waals surface area (Å²) in [6, 6.07) is 1.67. The van der Waals surface area contributed by atoms with Gasteiger partial charge in [-0.05, 0) is 12.8 Å². The molecule has 2 N–H and O–H groups in total. The highest BCUT2D eigenvalue weighted by Crippen LogP contribution is 2.06. The van der Waals surface area contributed by atoms with E-state index in [1.54, 1.807) is 19.9 Å². The molecule has 0 saturated heterocycles. The number of aliphatic carboxylic acids is 1. The zero-order valence-electron chi connectivity index (χ0n) is 9.30. The Morgan fingerprint density at radius 1 is 1.44 bits per heavy atom. The number of carboxylic acids is 1. The normalized spacial score (nSPS) is 15.1. The lowest BCUT2D eigenvalue weighted by molar-refractivity contribution is -0.141. The molecule has 92 valence electrons. The molecule has 0 aliphatic carbocycles. The molecule has 0 saturated carbocycles. The second-order valence-electron chi connectivity index (χ2n) is 3.36. The molecule has 7 heteroatoms. The largest absolute Gasteiger partial charge is 0.481 e. The average molecular weight is 248 g/mol. The maximum atomic E-state index is 11.5. The highest BCUT2D eigenvalue weighted by Gasteiger charge is 2.25. The van der Waals surface area contributed by atoms with Crippen LogP contribution in [0.5, 0.6) is 0 Å². The van der Waals surface area contributed by atoms with Crippen LogP contribution >= 0.6 is 0 Å². The lowest BCUT2D eigenvalue weighted by Crippen LogP contribution is -2.38. The summed E-state index contributed by atoms with van der Waals surface area (Å²) < 4.78 is 25.2. The second-order valence-corrected chi connectivity index (χ2v) is 5.31. The molecular weight excluding hydrogens is 232 g/mol. The minimum absolute atomic E-state index is 0.174. The number of hydrogen-bond acceptors (Lipinski definition) is 4. The van der Waals surface area contributed by atoms with Gasteiger partial charge in [0.2, 0.25) is 10.0 Å². The molecule has 0 radical (unpaired) electrons. The first-order valence-corrected chi connectivity index (χ1v) is 6.54. The van der Waals surface area contributed by atoms with Crippen LogP contribution in [0, 0.1) is 17.2 Å². The van der Waals surface area contributed by atoms with Crippen LogP contribution < -0.4 is 4.72 Å². The minimum atomic E-state index is -3.74. The van der Waals surface area contributed by atoms with Gasteiger partial charge in [0.15, 0.2) is 5.25 Å². The molecule has 0 rings (SSSR count). The fourth-order valence-corrected chi connectivity index (χ4v) is 2.32. The molecule has 0 aromatic heterocycles. The predicted octanol–water partition coefficient (Wildman–Crippen LogP) is 0.319. The predicted molar refractivity (Wildman–Crippen MR) is 58.0 cm³/mol. The van der Waals surface area contributed by atoms with Gasteiger partial charge in [0.05, 0.1) is 12.0 Å². The van der Waals surface area contributed by atoms with Crippen LogP contribution in [0.3, 0.4) is 0 Å². The van der Waals surface area contributed by atoms with Crippen LogP contribution in [0.25, 0.3) is 0 Å². The first-order valence-electron chi connectivity index (χ1n) is 4.99. The summed E-state index contributed by atoms with van der Waals surface area (Å²) in [4.78, 5) is 10.7. The van der Waals surface area contributed by atoms with Gasteiger partial charge in [0, 0.05) is 6.54 Å². The smallest absolute Gasteiger partial charge is 0.307 e. The number of carboxylic acid groups (broad SMARTS) is 1. The van der Waals surface area contributed by atoms with Crippen molar-refractivity contribution in [2.45, 2.75) is 31.9 Å². The Bertz CT molecular complexity index is 371. The van der Waals surface area contributed by atoms with Crippen molar-refractivity contribution in [2.75, 3.05) is 6.54 Å². The topological polar surface area (TPSA) is 107 Å². The van der Waals surface area contributed by atoms with Gasteiger partial charge in [-0.25, -0.2) is 13.1 Å². The Morgan fingerprint density at radius 2 is 2.00 bits per heavy atom. The quantitative estimate of drug-likeness (QED) is 0.674. The third-order valence-electron chi connectivity index (χ3n) is 2.26. The average Bonchev–Trinajstić information content (AvgIpc) is 2.19. The highest BCUT2D eigenvalue weighted by molar-refractivity contribution is 7.90. The SMILES string of the molecule is CCC(CNS(=O)(=O)C(C#N)CC)C(=O)O. The van der Waals surface area contributed by atoms with E-state index < -0.39 is 27.2 Å². The van der Waals surface area contributed by atoms with E-state index in [0.29, 0.717) is 6.42 Å². The Morgan fingerprint density at radius 3 is 2.31 bits per heavy atom. The van der Waals surface area contributed by atoms with Crippen LogP contribution in [0.1, 0.15) is 26.7 Å². The molecule has 0 aliphatic rings. The maximum Gasteiger partial charge on any atom is 0.307 e. The van der Waals surface area contributed by atoms with Crippen LogP contribution in [-0.2, 0) is 14.8 Å². The molecule has 0 spiro atoms. The van der Waals surface area contributed by atoms with E-state index in [4.69, 9.17) is 10.4 Å². The van der Waals surface area contributed by atoms with Crippen molar-refractivity contribution in [2.24, 2.45) is 5.92 Å². The summed E-state index contributed by atoms with van der Waals surface area (Å²) in [5.74, 6) is -1.80. The van der Waals surface area contributed by atoms with E-state index in [1.807, 2.05) is 0 Å². The Hall–Kier alpha value is -1.13. The van der Waals surface area contributed by atoms with Crippen LogP contribution in [0.15, 0.2) is 0 Å². The second kappa shape index (κ2) is 6.45. The molecule has 2 unspecified atom stereocenters. The third-order valence-corrected chi connectivity index (χ3v) is 4.02. The summed E-state index contributed by atoms with van der Waals surface area (Å²) in [6.45, 7) is 3.07. The molecule has 16 heavy (non-hydrogen) atoms. The van der Waals surface area contributed by atoms with Crippen molar-refractivity contribution in [1.29, 1.82) is 5.26 Å². The molecule has 2 atom stereocenters. The molecule has 0 fully saturated rings. The van der Waals surface area contributed by atoms with Gasteiger partial charge < -0.3 is 5.11 Å². The lowest BCUT2D eigenvalue weighted by atomic mass is 10.1. The van der Waals surface area contributed by atoms with Gasteiger partial charge in [0.25, 0.3) is 0 Å². The fourth-order valence-electron chi connectivity index (χ4n) is 1.10. The first kappa shape index (κ1) is 14.9. The van der Waals surface area contributed by atoms with Gasteiger partial charge in [-0.15, -0.1) is 0 Å². The Labute approximate surface area is 95.3 Å². The zero-order valence-corrected chi connectivity index (χ0v) is 10.1. The van der Waals surface area contributed by atoms with E-state index in [9.17, 15) is 13.2 Å². The van der Waals surface area contributed by atoms with Gasteiger partial charge in [-0.2, -0.15) is 5.26 Å². The molecular formula is C9H16N2O4S. The maximum absolute atomic E-state index is 11.5. The van der Waals surface area contributed by atoms with Crippen LogP contribution in [-0.4, -0.2) is 31.3 Å². The zero-order chi connectivity index (χ0) is 12.8. The van der Waals surface area contributed by atoms with Crippen molar-refractivity contribution in [3.63, 3.8) is 0 Å². The number of nitrogens with one attached hydrogen (secondary N) is 1. The standard InChI is InChI=1S/C9H16N2O4S/c1-3-7(9(12)13)6-11-16(14,15)8(4-2)5-10/h7-8,11H,3-4,6H2,1-2H3,(H,12,13). The summed E-state index contributed by atoms with van der Waals surface area (Å²) in [5, 5.41) is 16.2. The van der Waals surface area contributed by atoms with E-state index in [2.05, 4.69) is 4.72 Å². The first-order chi connectivity index (χ1) is 7.38. The molecule has 0 amide bonds. The summed E-state index contributed by atoms with van der Waals surface area (Å²) in [5.41, 5.74) is 0. The van der Waals surface area contributed by atoms with Crippen LogP contribution in [0.4, 0.5) is 0 Å². The molecule has 0 aromatic carbocycles. The van der Waals surface area contributed by atoms with Gasteiger partial charge in [-0.3, -0.25) is 4.79 Å². The van der Waals surface area contributed by atoms with Crippen molar-refractivity contribution in [3.8, 4) is 6.07 Å². The molecule has 0 aromatic rings.